The van der Waals surface area contributed by atoms with Gasteiger partial charge in [0.05, 0.1) is 0 Å². The molecule has 62 valence electrons. The first-order valence-electron chi connectivity index (χ1n) is 2.85. The second-order valence-corrected chi connectivity index (χ2v) is 1.78. The fourth-order valence-electron chi connectivity index (χ4n) is 0.393. The van der Waals surface area contributed by atoms with Gasteiger partial charge >= 0.3 is 0 Å². The molecular formula is C7H7F3O. The zero-order valence-electron chi connectivity index (χ0n) is 5.60. The second-order valence-electron chi connectivity index (χ2n) is 1.78. The van der Waals surface area contributed by atoms with Gasteiger partial charge in [0.1, 0.15) is 5.83 Å². The average molecular weight is 164 g/mol. The molecule has 0 fully saturated rings. The van der Waals surface area contributed by atoms with Crippen LogP contribution in [0.2, 0.25) is 0 Å². The predicted molar refractivity (Wildman–Crippen MR) is 34.7 cm³/mol. The van der Waals surface area contributed by atoms with E-state index in [9.17, 15) is 13.2 Å². The van der Waals surface area contributed by atoms with Gasteiger partial charge in [0.15, 0.2) is 6.10 Å². The first-order valence-corrected chi connectivity index (χ1v) is 2.85. The minimum Gasteiger partial charge on any atom is -0.374 e. The highest BCUT2D eigenvalue weighted by Gasteiger charge is 2.07. The maximum atomic E-state index is 12.3. The quantitative estimate of drug-likeness (QED) is 0.626. The molecular weight excluding hydrogens is 157 g/mol. The van der Waals surface area contributed by atoms with Crippen molar-refractivity contribution in [2.24, 2.45) is 0 Å². The van der Waals surface area contributed by atoms with Gasteiger partial charge in [0.2, 0.25) is 6.43 Å². The van der Waals surface area contributed by atoms with Crippen LogP contribution in [0.5, 0.6) is 0 Å². The molecule has 0 amide bonds. The molecule has 1 unspecified atom stereocenters. The van der Waals surface area contributed by atoms with E-state index in [0.717, 1.165) is 0 Å². The highest BCUT2D eigenvalue weighted by atomic mass is 19.3. The lowest BCUT2D eigenvalue weighted by atomic mass is 10.3. The molecule has 0 aliphatic heterocycles. The van der Waals surface area contributed by atoms with Gasteiger partial charge in [0, 0.05) is 6.42 Å². The van der Waals surface area contributed by atoms with Gasteiger partial charge in [-0.2, -0.15) is 0 Å². The number of hydrogen-bond acceptors (Lipinski definition) is 1. The number of aliphatic hydroxyl groups is 1. The number of hydrogen-bond donors (Lipinski definition) is 1. The van der Waals surface area contributed by atoms with Crippen molar-refractivity contribution in [2.45, 2.75) is 19.0 Å². The second kappa shape index (κ2) is 4.80. The third-order valence-electron chi connectivity index (χ3n) is 0.910. The molecule has 11 heavy (non-hydrogen) atoms. The van der Waals surface area contributed by atoms with Crippen LogP contribution in [0.15, 0.2) is 11.9 Å². The summed E-state index contributed by atoms with van der Waals surface area (Å²) in [5.74, 6) is 0.552. The summed E-state index contributed by atoms with van der Waals surface area (Å²) in [7, 11) is 0. The van der Waals surface area contributed by atoms with Gasteiger partial charge in [-0.15, -0.1) is 6.42 Å². The molecule has 1 nitrogen and oxygen atoms in total. The number of rotatable bonds is 3. The monoisotopic (exact) mass is 164 g/mol. The van der Waals surface area contributed by atoms with Crippen molar-refractivity contribution < 1.29 is 18.3 Å². The van der Waals surface area contributed by atoms with Crippen molar-refractivity contribution in [3.8, 4) is 12.3 Å². The summed E-state index contributed by atoms with van der Waals surface area (Å²) in [6, 6.07) is 0. The molecule has 0 rings (SSSR count). The van der Waals surface area contributed by atoms with Gasteiger partial charge in [0.25, 0.3) is 0 Å². The van der Waals surface area contributed by atoms with Crippen LogP contribution in [0.1, 0.15) is 6.42 Å². The van der Waals surface area contributed by atoms with Crippen LogP contribution >= 0.6 is 0 Å². The Kier molecular flexibility index (Phi) is 4.39. The van der Waals surface area contributed by atoms with E-state index in [-0.39, 0.29) is 0 Å². The van der Waals surface area contributed by atoms with Gasteiger partial charge in [-0.1, -0.05) is 5.92 Å². The van der Waals surface area contributed by atoms with E-state index in [1.165, 1.54) is 0 Å². The molecule has 0 heterocycles. The maximum Gasteiger partial charge on any atom is 0.242 e. The molecule has 4 heteroatoms. The van der Waals surface area contributed by atoms with Crippen LogP contribution in [-0.4, -0.2) is 17.6 Å². The lowest BCUT2D eigenvalue weighted by molar-refractivity contribution is 0.150. The summed E-state index contributed by atoms with van der Waals surface area (Å²) in [4.78, 5) is 0. The minimum atomic E-state index is -2.62. The topological polar surface area (TPSA) is 20.2 Å². The van der Waals surface area contributed by atoms with Crippen molar-refractivity contribution in [1.82, 2.24) is 0 Å². The van der Waals surface area contributed by atoms with Crippen molar-refractivity contribution in [3.63, 3.8) is 0 Å². The van der Waals surface area contributed by atoms with Crippen molar-refractivity contribution >= 4 is 0 Å². The molecule has 1 N–H and O–H groups in total. The summed E-state index contributed by atoms with van der Waals surface area (Å²) in [6.45, 7) is 0. The Labute approximate surface area is 62.5 Å². The first-order chi connectivity index (χ1) is 5.07. The van der Waals surface area contributed by atoms with Crippen LogP contribution in [0.3, 0.4) is 0 Å². The zero-order chi connectivity index (χ0) is 8.85. The lowest BCUT2D eigenvalue weighted by Gasteiger charge is -1.98. The van der Waals surface area contributed by atoms with Crippen LogP contribution < -0.4 is 0 Å². The summed E-state index contributed by atoms with van der Waals surface area (Å²) in [6.07, 6.45) is 0.138. The summed E-state index contributed by atoms with van der Waals surface area (Å²) in [5.41, 5.74) is 0. The molecule has 1 atom stereocenters. The molecule has 0 bridgehead atoms. The van der Waals surface area contributed by atoms with Gasteiger partial charge in [-0.25, -0.2) is 13.2 Å². The van der Waals surface area contributed by atoms with Crippen molar-refractivity contribution in [3.05, 3.63) is 11.9 Å². The van der Waals surface area contributed by atoms with Crippen LogP contribution in [0.25, 0.3) is 0 Å². The Bertz CT molecular complexity index is 181. The number of terminal acetylenes is 1. The van der Waals surface area contributed by atoms with E-state index < -0.39 is 24.8 Å². The fraction of sp³-hybridized carbons (Fsp3) is 0.429. The predicted octanol–water partition coefficient (Wildman–Crippen LogP) is 1.49. The molecule has 0 aromatic rings. The Morgan fingerprint density at radius 2 is 2.18 bits per heavy atom. The number of alkyl halides is 2. The van der Waals surface area contributed by atoms with E-state index in [2.05, 4.69) is 6.42 Å². The van der Waals surface area contributed by atoms with E-state index >= 15 is 0 Å². The van der Waals surface area contributed by atoms with Crippen molar-refractivity contribution in [2.75, 3.05) is 0 Å². The lowest BCUT2D eigenvalue weighted by Crippen LogP contribution is -2.03. The maximum absolute atomic E-state index is 12.3. The zero-order valence-corrected chi connectivity index (χ0v) is 5.60. The van der Waals surface area contributed by atoms with E-state index in [4.69, 9.17) is 5.11 Å². The van der Waals surface area contributed by atoms with Gasteiger partial charge < -0.3 is 5.11 Å². The number of allylic oxidation sites excluding steroid dienone is 1. The summed E-state index contributed by atoms with van der Waals surface area (Å²) < 4.78 is 35.1. The third kappa shape index (κ3) is 4.45. The van der Waals surface area contributed by atoms with Crippen LogP contribution in [0.4, 0.5) is 13.2 Å². The van der Waals surface area contributed by atoms with E-state index in [0.29, 0.717) is 6.08 Å². The smallest absolute Gasteiger partial charge is 0.242 e. The Balaban J connectivity index is 3.92. The first kappa shape index (κ1) is 10.0. The third-order valence-corrected chi connectivity index (χ3v) is 0.910. The molecule has 0 aliphatic rings. The van der Waals surface area contributed by atoms with Crippen LogP contribution in [0, 0.1) is 12.3 Å². The highest BCUT2D eigenvalue weighted by molar-refractivity contribution is 5.12. The Hall–Kier alpha value is -0.950. The van der Waals surface area contributed by atoms with E-state index in [1.54, 1.807) is 5.92 Å². The molecule has 0 aromatic heterocycles. The molecule has 0 aliphatic carbocycles. The molecule has 0 spiro atoms. The van der Waals surface area contributed by atoms with Gasteiger partial charge in [-0.05, 0) is 6.08 Å². The minimum absolute atomic E-state index is 0.579. The number of halogens is 3. The average Bonchev–Trinajstić information content (AvgIpc) is 1.98. The largest absolute Gasteiger partial charge is 0.374 e. The molecule has 0 aromatic carbocycles. The highest BCUT2D eigenvalue weighted by Crippen LogP contribution is 2.08. The van der Waals surface area contributed by atoms with Gasteiger partial charge in [-0.3, -0.25) is 0 Å². The summed E-state index contributed by atoms with van der Waals surface area (Å²) in [5, 5.41) is 8.52. The van der Waals surface area contributed by atoms with Crippen LogP contribution in [-0.2, 0) is 0 Å². The standard InChI is InChI=1S/C7H7F3O/c1-2-6(11)5(8)3-4-7(9)10/h1,3,6-7,11H,4H2/b5-3-. The SMILES string of the molecule is C#CC(O)/C(F)=C/CC(F)F. The molecule has 0 saturated heterocycles. The molecule has 0 saturated carbocycles. The summed E-state index contributed by atoms with van der Waals surface area (Å²) >= 11 is 0. The van der Waals surface area contributed by atoms with E-state index in [1.807, 2.05) is 0 Å². The Morgan fingerprint density at radius 3 is 2.55 bits per heavy atom. The van der Waals surface area contributed by atoms with Crippen molar-refractivity contribution in [1.29, 1.82) is 0 Å². The Morgan fingerprint density at radius 1 is 1.64 bits per heavy atom. The normalized spacial score (nSPS) is 14.7. The molecule has 0 radical (unpaired) electrons. The number of aliphatic hydroxyl groups excluding tert-OH is 1. The fourth-order valence-corrected chi connectivity index (χ4v) is 0.393.